The van der Waals surface area contributed by atoms with E-state index in [0.29, 0.717) is 10.6 Å². The van der Waals surface area contributed by atoms with Crippen molar-refractivity contribution in [1.82, 2.24) is 4.98 Å². The highest BCUT2D eigenvalue weighted by atomic mass is 35.5. The molecule has 0 unspecified atom stereocenters. The van der Waals surface area contributed by atoms with Gasteiger partial charge in [0.05, 0.1) is 11.3 Å². The van der Waals surface area contributed by atoms with Crippen LogP contribution in [-0.4, -0.2) is 4.98 Å². The fourth-order valence-corrected chi connectivity index (χ4v) is 1.94. The van der Waals surface area contributed by atoms with Crippen molar-refractivity contribution in [2.45, 2.75) is 6.18 Å². The van der Waals surface area contributed by atoms with Crippen molar-refractivity contribution in [2.24, 2.45) is 0 Å². The van der Waals surface area contributed by atoms with Crippen LogP contribution in [0.3, 0.4) is 0 Å². The summed E-state index contributed by atoms with van der Waals surface area (Å²) in [4.78, 5) is 2.35. The zero-order valence-corrected chi connectivity index (χ0v) is 10.5. The number of aromatic nitrogens is 1. The Hall–Kier alpha value is -2.44. The molecule has 0 aliphatic heterocycles. The van der Waals surface area contributed by atoms with Crippen LogP contribution in [0.5, 0.6) is 0 Å². The quantitative estimate of drug-likeness (QED) is 0.861. The Morgan fingerprint density at radius 2 is 1.65 bits per heavy atom. The van der Waals surface area contributed by atoms with E-state index < -0.39 is 23.0 Å². The Morgan fingerprint density at radius 1 is 1.05 bits per heavy atom. The van der Waals surface area contributed by atoms with Gasteiger partial charge in [-0.15, -0.1) is 0 Å². The first kappa shape index (κ1) is 14.0. The van der Waals surface area contributed by atoms with E-state index >= 15 is 0 Å². The molecule has 0 saturated heterocycles. The topological polar surface area (TPSA) is 63.4 Å². The van der Waals surface area contributed by atoms with Gasteiger partial charge in [-0.25, -0.2) is 0 Å². The largest absolute Gasteiger partial charge is 0.420 e. The molecule has 7 heteroatoms. The van der Waals surface area contributed by atoms with Gasteiger partial charge in [-0.1, -0.05) is 23.7 Å². The van der Waals surface area contributed by atoms with Gasteiger partial charge in [0.25, 0.3) is 0 Å². The average Bonchev–Trinajstić information content (AvgIpc) is 2.78. The third kappa shape index (κ3) is 2.34. The molecule has 1 aromatic heterocycles. The number of hydrogen-bond acceptors (Lipinski definition) is 2. The smallest absolute Gasteiger partial charge is 0.345 e. The van der Waals surface area contributed by atoms with Gasteiger partial charge in [0, 0.05) is 5.02 Å². The summed E-state index contributed by atoms with van der Waals surface area (Å²) in [5.74, 6) is 0. The number of aromatic amines is 1. The number of benzene rings is 1. The van der Waals surface area contributed by atoms with Gasteiger partial charge in [0.1, 0.15) is 23.4 Å². The maximum Gasteiger partial charge on any atom is 0.420 e. The van der Waals surface area contributed by atoms with Gasteiger partial charge in [-0.2, -0.15) is 23.7 Å². The molecule has 0 fully saturated rings. The van der Waals surface area contributed by atoms with Gasteiger partial charge >= 0.3 is 6.18 Å². The summed E-state index contributed by atoms with van der Waals surface area (Å²) in [5, 5.41) is 18.2. The van der Waals surface area contributed by atoms with Crippen molar-refractivity contribution < 1.29 is 13.2 Å². The van der Waals surface area contributed by atoms with E-state index in [9.17, 15) is 13.2 Å². The van der Waals surface area contributed by atoms with Crippen LogP contribution < -0.4 is 0 Å². The van der Waals surface area contributed by atoms with Crippen molar-refractivity contribution in [3.63, 3.8) is 0 Å². The van der Waals surface area contributed by atoms with Crippen molar-refractivity contribution in [1.29, 1.82) is 10.5 Å². The number of nitriles is 2. The van der Waals surface area contributed by atoms with E-state index in [1.54, 1.807) is 0 Å². The fraction of sp³-hybridized carbons (Fsp3) is 0.0769. The first-order valence-electron chi connectivity index (χ1n) is 5.27. The summed E-state index contributed by atoms with van der Waals surface area (Å²) in [7, 11) is 0. The third-order valence-corrected chi connectivity index (χ3v) is 2.89. The molecule has 20 heavy (non-hydrogen) atoms. The molecule has 3 nitrogen and oxygen atoms in total. The number of H-pyrrole nitrogens is 1. The van der Waals surface area contributed by atoms with E-state index in [1.807, 2.05) is 0 Å². The van der Waals surface area contributed by atoms with Gasteiger partial charge in [0.2, 0.25) is 0 Å². The van der Waals surface area contributed by atoms with E-state index in [-0.39, 0.29) is 5.69 Å². The third-order valence-electron chi connectivity index (χ3n) is 2.64. The SMILES string of the molecule is N#Cc1[nH]c(-c2ccc(Cl)cc2)c(C#N)c1C(F)(F)F. The average molecular weight is 296 g/mol. The minimum atomic E-state index is -4.78. The van der Waals surface area contributed by atoms with Crippen molar-refractivity contribution in [2.75, 3.05) is 0 Å². The standard InChI is InChI=1S/C13H5ClF3N3/c14-8-3-1-7(2-4-8)12-9(5-18)11(13(15,16)17)10(6-19)20-12/h1-4,20H. The number of alkyl halides is 3. The monoisotopic (exact) mass is 295 g/mol. The Kier molecular flexibility index (Phi) is 3.44. The number of rotatable bonds is 1. The van der Waals surface area contributed by atoms with Crippen LogP contribution in [-0.2, 0) is 6.18 Å². The van der Waals surface area contributed by atoms with Crippen LogP contribution in [0.25, 0.3) is 11.3 Å². The Balaban J connectivity index is 2.74. The lowest BCUT2D eigenvalue weighted by Crippen LogP contribution is -2.08. The lowest BCUT2D eigenvalue weighted by molar-refractivity contribution is -0.137. The molecule has 0 amide bonds. The second kappa shape index (κ2) is 4.92. The Bertz CT molecular complexity index is 730. The van der Waals surface area contributed by atoms with Gasteiger partial charge in [-0.3, -0.25) is 0 Å². The second-order valence-corrected chi connectivity index (χ2v) is 4.29. The number of nitrogens with one attached hydrogen (secondary N) is 1. The molecule has 1 N–H and O–H groups in total. The fourth-order valence-electron chi connectivity index (χ4n) is 1.81. The summed E-state index contributed by atoms with van der Waals surface area (Å²) in [6, 6.07) is 8.83. The molecule has 0 bridgehead atoms. The maximum absolute atomic E-state index is 12.9. The zero-order chi connectivity index (χ0) is 14.9. The number of hydrogen-bond donors (Lipinski definition) is 1. The lowest BCUT2D eigenvalue weighted by Gasteiger charge is -2.05. The predicted octanol–water partition coefficient (Wildman–Crippen LogP) is 4.10. The van der Waals surface area contributed by atoms with Crippen LogP contribution in [0.15, 0.2) is 24.3 Å². The highest BCUT2D eigenvalue weighted by molar-refractivity contribution is 6.30. The van der Waals surface area contributed by atoms with Crippen LogP contribution in [0.4, 0.5) is 13.2 Å². The summed E-state index contributed by atoms with van der Waals surface area (Å²) >= 11 is 5.70. The van der Waals surface area contributed by atoms with Crippen molar-refractivity contribution in [3.05, 3.63) is 46.1 Å². The van der Waals surface area contributed by atoms with Crippen LogP contribution in [0.2, 0.25) is 5.02 Å². The summed E-state index contributed by atoms with van der Waals surface area (Å²) in [6.07, 6.45) is -4.78. The lowest BCUT2D eigenvalue weighted by atomic mass is 10.0. The molecule has 2 aromatic rings. The second-order valence-electron chi connectivity index (χ2n) is 3.85. The van der Waals surface area contributed by atoms with E-state index in [0.717, 1.165) is 0 Å². The van der Waals surface area contributed by atoms with E-state index in [1.165, 1.54) is 36.4 Å². The molecule has 2 rings (SSSR count). The van der Waals surface area contributed by atoms with Gasteiger partial charge in [0.15, 0.2) is 0 Å². The molecule has 0 radical (unpaired) electrons. The Morgan fingerprint density at radius 3 is 2.10 bits per heavy atom. The van der Waals surface area contributed by atoms with E-state index in [4.69, 9.17) is 22.1 Å². The first-order chi connectivity index (χ1) is 9.38. The molecule has 0 saturated carbocycles. The molecule has 0 aliphatic carbocycles. The van der Waals surface area contributed by atoms with Crippen molar-refractivity contribution >= 4 is 11.6 Å². The number of halogens is 4. The minimum Gasteiger partial charge on any atom is -0.345 e. The maximum atomic E-state index is 12.9. The van der Waals surface area contributed by atoms with Crippen molar-refractivity contribution in [3.8, 4) is 23.4 Å². The normalized spacial score (nSPS) is 10.9. The molecule has 1 aromatic carbocycles. The van der Waals surface area contributed by atoms with Crippen LogP contribution in [0.1, 0.15) is 16.8 Å². The molecule has 1 heterocycles. The molecule has 100 valence electrons. The van der Waals surface area contributed by atoms with Crippen LogP contribution in [0, 0.1) is 22.7 Å². The molecule has 0 atom stereocenters. The molecule has 0 spiro atoms. The summed E-state index contributed by atoms with van der Waals surface area (Å²) < 4.78 is 38.8. The number of nitrogens with zero attached hydrogens (tertiary/aromatic N) is 2. The highest BCUT2D eigenvalue weighted by Gasteiger charge is 2.39. The zero-order valence-electron chi connectivity index (χ0n) is 9.72. The molecular formula is C13H5ClF3N3. The van der Waals surface area contributed by atoms with Gasteiger partial charge < -0.3 is 4.98 Å². The van der Waals surface area contributed by atoms with E-state index in [2.05, 4.69) is 4.98 Å². The molecular weight excluding hydrogens is 291 g/mol. The Labute approximate surface area is 116 Å². The van der Waals surface area contributed by atoms with Crippen LogP contribution >= 0.6 is 11.6 Å². The predicted molar refractivity (Wildman–Crippen MR) is 65.7 cm³/mol. The van der Waals surface area contributed by atoms with Gasteiger partial charge in [-0.05, 0) is 17.7 Å². The summed E-state index contributed by atoms with van der Waals surface area (Å²) in [6.45, 7) is 0. The highest BCUT2D eigenvalue weighted by Crippen LogP contribution is 2.39. The summed E-state index contributed by atoms with van der Waals surface area (Å²) in [5.41, 5.74) is -2.23. The minimum absolute atomic E-state index is 0.0481. The molecule has 0 aliphatic rings. The first-order valence-corrected chi connectivity index (χ1v) is 5.65.